The SMILES string of the molecule is O=C(Cc1cccc2c1OCO2)NC1CC1. The molecular formula is C12H13NO3. The van der Waals surface area contributed by atoms with Crippen molar-refractivity contribution in [2.24, 2.45) is 0 Å². The molecule has 1 aromatic rings. The monoisotopic (exact) mass is 219 g/mol. The van der Waals surface area contributed by atoms with Crippen LogP contribution in [0.15, 0.2) is 18.2 Å². The molecule has 4 heteroatoms. The number of amides is 1. The first-order valence-electron chi connectivity index (χ1n) is 5.50. The minimum absolute atomic E-state index is 0.0615. The normalized spacial score (nSPS) is 17.2. The number of carbonyl (C=O) groups is 1. The third-order valence-corrected chi connectivity index (χ3v) is 2.77. The van der Waals surface area contributed by atoms with Crippen LogP contribution in [0.2, 0.25) is 0 Å². The van der Waals surface area contributed by atoms with E-state index in [4.69, 9.17) is 9.47 Å². The molecule has 0 atom stereocenters. The molecule has 16 heavy (non-hydrogen) atoms. The summed E-state index contributed by atoms with van der Waals surface area (Å²) in [5, 5.41) is 2.96. The Morgan fingerprint density at radius 1 is 1.38 bits per heavy atom. The molecular weight excluding hydrogens is 206 g/mol. The highest BCUT2D eigenvalue weighted by atomic mass is 16.7. The maximum Gasteiger partial charge on any atom is 0.231 e. The van der Waals surface area contributed by atoms with Gasteiger partial charge in [-0.1, -0.05) is 12.1 Å². The van der Waals surface area contributed by atoms with Crippen LogP contribution in [0.4, 0.5) is 0 Å². The molecule has 1 aromatic carbocycles. The lowest BCUT2D eigenvalue weighted by atomic mass is 10.1. The van der Waals surface area contributed by atoms with Gasteiger partial charge in [0.2, 0.25) is 12.7 Å². The average molecular weight is 219 g/mol. The highest BCUT2D eigenvalue weighted by molar-refractivity contribution is 5.80. The van der Waals surface area contributed by atoms with Gasteiger partial charge in [-0.25, -0.2) is 0 Å². The lowest BCUT2D eigenvalue weighted by Crippen LogP contribution is -2.27. The van der Waals surface area contributed by atoms with E-state index in [0.29, 0.717) is 18.2 Å². The van der Waals surface area contributed by atoms with Gasteiger partial charge < -0.3 is 14.8 Å². The summed E-state index contributed by atoms with van der Waals surface area (Å²) in [5.41, 5.74) is 0.896. The molecule has 0 spiro atoms. The fourth-order valence-electron chi connectivity index (χ4n) is 1.81. The van der Waals surface area contributed by atoms with Gasteiger partial charge in [0.25, 0.3) is 0 Å². The van der Waals surface area contributed by atoms with Crippen LogP contribution in [0, 0.1) is 0 Å². The molecule has 1 saturated carbocycles. The third-order valence-electron chi connectivity index (χ3n) is 2.77. The summed E-state index contributed by atoms with van der Waals surface area (Å²) < 4.78 is 10.6. The highest BCUT2D eigenvalue weighted by Crippen LogP contribution is 2.35. The van der Waals surface area contributed by atoms with Crippen molar-refractivity contribution < 1.29 is 14.3 Å². The van der Waals surface area contributed by atoms with Crippen LogP contribution >= 0.6 is 0 Å². The predicted octanol–water partition coefficient (Wildman–Crippen LogP) is 1.24. The molecule has 0 saturated heterocycles. The van der Waals surface area contributed by atoms with E-state index in [1.54, 1.807) is 0 Å². The van der Waals surface area contributed by atoms with Crippen molar-refractivity contribution >= 4 is 5.91 Å². The van der Waals surface area contributed by atoms with Crippen molar-refractivity contribution in [2.75, 3.05) is 6.79 Å². The summed E-state index contributed by atoms with van der Waals surface area (Å²) in [4.78, 5) is 11.7. The van der Waals surface area contributed by atoms with Crippen LogP contribution < -0.4 is 14.8 Å². The fourth-order valence-corrected chi connectivity index (χ4v) is 1.81. The molecule has 2 aliphatic rings. The Kier molecular flexibility index (Phi) is 2.20. The standard InChI is InChI=1S/C12H13NO3/c14-11(13-9-4-5-9)6-8-2-1-3-10-12(8)16-7-15-10/h1-3,9H,4-7H2,(H,13,14). The minimum atomic E-state index is 0.0615. The zero-order chi connectivity index (χ0) is 11.0. The fraction of sp³-hybridized carbons (Fsp3) is 0.417. The zero-order valence-corrected chi connectivity index (χ0v) is 8.86. The van der Waals surface area contributed by atoms with E-state index in [1.807, 2.05) is 18.2 Å². The van der Waals surface area contributed by atoms with Gasteiger partial charge in [0.05, 0.1) is 6.42 Å². The lowest BCUT2D eigenvalue weighted by Gasteiger charge is -2.06. The summed E-state index contributed by atoms with van der Waals surface area (Å²) in [5.74, 6) is 1.51. The Bertz CT molecular complexity index is 426. The lowest BCUT2D eigenvalue weighted by molar-refractivity contribution is -0.120. The van der Waals surface area contributed by atoms with Gasteiger partial charge in [-0.05, 0) is 18.9 Å². The minimum Gasteiger partial charge on any atom is -0.454 e. The summed E-state index contributed by atoms with van der Waals surface area (Å²) in [6, 6.07) is 6.04. The van der Waals surface area contributed by atoms with Gasteiger partial charge >= 0.3 is 0 Å². The van der Waals surface area contributed by atoms with E-state index in [9.17, 15) is 4.79 Å². The molecule has 0 aromatic heterocycles. The van der Waals surface area contributed by atoms with Crippen molar-refractivity contribution in [3.63, 3.8) is 0 Å². The van der Waals surface area contributed by atoms with Crippen molar-refractivity contribution in [1.29, 1.82) is 0 Å². The Morgan fingerprint density at radius 2 is 2.25 bits per heavy atom. The summed E-state index contributed by atoms with van der Waals surface area (Å²) >= 11 is 0. The number of benzene rings is 1. The molecule has 0 radical (unpaired) electrons. The number of nitrogens with one attached hydrogen (secondary N) is 1. The number of para-hydroxylation sites is 1. The van der Waals surface area contributed by atoms with E-state index in [0.717, 1.165) is 24.2 Å². The molecule has 1 fully saturated rings. The largest absolute Gasteiger partial charge is 0.454 e. The Hall–Kier alpha value is -1.71. The quantitative estimate of drug-likeness (QED) is 0.832. The summed E-state index contributed by atoms with van der Waals surface area (Å²) in [6.07, 6.45) is 2.58. The van der Waals surface area contributed by atoms with Crippen LogP contribution in [-0.2, 0) is 11.2 Å². The first-order chi connectivity index (χ1) is 7.83. The molecule has 1 N–H and O–H groups in total. The molecule has 3 rings (SSSR count). The third kappa shape index (κ3) is 1.83. The van der Waals surface area contributed by atoms with Crippen molar-refractivity contribution in [3.8, 4) is 11.5 Å². The molecule has 1 heterocycles. The average Bonchev–Trinajstić information content (AvgIpc) is 2.94. The highest BCUT2D eigenvalue weighted by Gasteiger charge is 2.24. The Labute approximate surface area is 93.5 Å². The van der Waals surface area contributed by atoms with Crippen LogP contribution in [0.25, 0.3) is 0 Å². The van der Waals surface area contributed by atoms with Gasteiger partial charge in [-0.15, -0.1) is 0 Å². The second-order valence-corrected chi connectivity index (χ2v) is 4.17. The van der Waals surface area contributed by atoms with Gasteiger partial charge in [0.1, 0.15) is 0 Å². The number of hydrogen-bond acceptors (Lipinski definition) is 3. The number of hydrogen-bond donors (Lipinski definition) is 1. The number of carbonyl (C=O) groups excluding carboxylic acids is 1. The molecule has 4 nitrogen and oxygen atoms in total. The topological polar surface area (TPSA) is 47.6 Å². The first kappa shape index (κ1) is 9.51. The second kappa shape index (κ2) is 3.70. The van der Waals surface area contributed by atoms with E-state index in [2.05, 4.69) is 5.32 Å². The van der Waals surface area contributed by atoms with Crippen LogP contribution in [0.3, 0.4) is 0 Å². The Balaban J connectivity index is 1.73. The molecule has 1 aliphatic carbocycles. The number of fused-ring (bicyclic) bond motifs is 1. The molecule has 84 valence electrons. The van der Waals surface area contributed by atoms with Gasteiger partial charge in [-0.2, -0.15) is 0 Å². The van der Waals surface area contributed by atoms with Crippen molar-refractivity contribution in [2.45, 2.75) is 25.3 Å². The molecule has 0 unspecified atom stereocenters. The van der Waals surface area contributed by atoms with E-state index >= 15 is 0 Å². The first-order valence-corrected chi connectivity index (χ1v) is 5.50. The smallest absolute Gasteiger partial charge is 0.231 e. The van der Waals surface area contributed by atoms with Crippen molar-refractivity contribution in [3.05, 3.63) is 23.8 Å². The van der Waals surface area contributed by atoms with Gasteiger partial charge in [0, 0.05) is 11.6 Å². The van der Waals surface area contributed by atoms with Crippen LogP contribution in [-0.4, -0.2) is 18.7 Å². The van der Waals surface area contributed by atoms with E-state index in [-0.39, 0.29) is 12.7 Å². The van der Waals surface area contributed by atoms with Gasteiger partial charge in [-0.3, -0.25) is 4.79 Å². The Morgan fingerprint density at radius 3 is 3.06 bits per heavy atom. The van der Waals surface area contributed by atoms with E-state index < -0.39 is 0 Å². The predicted molar refractivity (Wildman–Crippen MR) is 57.4 cm³/mol. The maximum atomic E-state index is 11.7. The molecule has 1 aliphatic heterocycles. The van der Waals surface area contributed by atoms with Crippen LogP contribution in [0.5, 0.6) is 11.5 Å². The van der Waals surface area contributed by atoms with Gasteiger partial charge in [0.15, 0.2) is 11.5 Å². The molecule has 1 amide bonds. The van der Waals surface area contributed by atoms with Crippen LogP contribution in [0.1, 0.15) is 18.4 Å². The zero-order valence-electron chi connectivity index (χ0n) is 8.86. The van der Waals surface area contributed by atoms with E-state index in [1.165, 1.54) is 0 Å². The summed E-state index contributed by atoms with van der Waals surface area (Å²) in [7, 11) is 0. The van der Waals surface area contributed by atoms with Crippen molar-refractivity contribution in [1.82, 2.24) is 5.32 Å². The number of rotatable bonds is 3. The molecule has 0 bridgehead atoms. The second-order valence-electron chi connectivity index (χ2n) is 4.17. The summed E-state index contributed by atoms with van der Waals surface area (Å²) in [6.45, 7) is 0.247. The maximum absolute atomic E-state index is 11.7. The number of ether oxygens (including phenoxy) is 2.